The minimum absolute atomic E-state index is 0.161. The van der Waals surface area contributed by atoms with Crippen molar-refractivity contribution < 1.29 is 18.8 Å². The summed E-state index contributed by atoms with van der Waals surface area (Å²) in [4.78, 5) is 16.8. The summed E-state index contributed by atoms with van der Waals surface area (Å²) in [7, 11) is 0. The Bertz CT molecular complexity index is 1220. The molecule has 0 radical (unpaired) electrons. The number of amides is 1. The fourth-order valence-corrected chi connectivity index (χ4v) is 3.71. The molecule has 1 amide bonds. The van der Waals surface area contributed by atoms with Crippen molar-refractivity contribution in [3.8, 4) is 5.75 Å². The number of nitrogens with zero attached hydrogens (tertiary/aromatic N) is 2. The minimum atomic E-state index is -0.307. The normalized spacial score (nSPS) is 15.4. The molecule has 1 aliphatic rings. The molecule has 1 atom stereocenters. The van der Waals surface area contributed by atoms with Gasteiger partial charge in [-0.05, 0) is 41.8 Å². The van der Waals surface area contributed by atoms with Gasteiger partial charge in [0.05, 0.1) is 12.1 Å². The van der Waals surface area contributed by atoms with Crippen LogP contribution in [0.25, 0.3) is 10.9 Å². The molecule has 3 heterocycles. The number of nitrogens with one attached hydrogen (secondary N) is 1. The molecule has 7 nitrogen and oxygen atoms in total. The standard InChI is InChI=1S/C24H21N3O4/c28-24(26-14-23-20-6-2-1-4-16(20)9-11-29-23)22-13-19(31-27-22)15-30-18-7-8-21-17(12-18)5-3-10-25-21/h1-8,10,12-13,23H,9,11,14-15H2,(H,26,28)/t23-/m1/s1. The van der Waals surface area contributed by atoms with Gasteiger partial charge in [0.25, 0.3) is 5.91 Å². The van der Waals surface area contributed by atoms with Crippen molar-refractivity contribution >= 4 is 16.8 Å². The zero-order valence-corrected chi connectivity index (χ0v) is 16.8. The summed E-state index contributed by atoms with van der Waals surface area (Å²) in [6.07, 6.45) is 2.48. The number of ether oxygens (including phenoxy) is 2. The first-order valence-electron chi connectivity index (χ1n) is 10.2. The first-order chi connectivity index (χ1) is 15.3. The Morgan fingerprint density at radius 2 is 2.06 bits per heavy atom. The van der Waals surface area contributed by atoms with Crippen molar-refractivity contribution in [2.24, 2.45) is 0 Å². The molecule has 31 heavy (non-hydrogen) atoms. The molecule has 1 aliphatic heterocycles. The van der Waals surface area contributed by atoms with Gasteiger partial charge in [-0.15, -0.1) is 0 Å². The maximum absolute atomic E-state index is 12.5. The second kappa shape index (κ2) is 8.57. The van der Waals surface area contributed by atoms with Gasteiger partial charge in [-0.2, -0.15) is 0 Å². The predicted octanol–water partition coefficient (Wildman–Crippen LogP) is 3.85. The number of carbonyl (C=O) groups excluding carboxylic acids is 1. The molecule has 0 saturated heterocycles. The van der Waals surface area contributed by atoms with Crippen molar-refractivity contribution in [2.75, 3.05) is 13.2 Å². The molecular weight excluding hydrogens is 394 g/mol. The third-order valence-corrected chi connectivity index (χ3v) is 5.29. The van der Waals surface area contributed by atoms with Gasteiger partial charge in [-0.1, -0.05) is 35.5 Å². The molecular formula is C24H21N3O4. The average Bonchev–Trinajstić information content (AvgIpc) is 3.30. The van der Waals surface area contributed by atoms with Crippen molar-refractivity contribution in [1.29, 1.82) is 0 Å². The number of carbonyl (C=O) groups is 1. The number of hydrogen-bond donors (Lipinski definition) is 1. The fourth-order valence-electron chi connectivity index (χ4n) is 3.71. The lowest BCUT2D eigenvalue weighted by atomic mass is 9.97. The molecule has 4 aromatic rings. The Morgan fingerprint density at radius 3 is 3.03 bits per heavy atom. The van der Waals surface area contributed by atoms with Gasteiger partial charge < -0.3 is 19.3 Å². The number of aromatic nitrogens is 2. The Kier molecular flexibility index (Phi) is 5.33. The van der Waals surface area contributed by atoms with Gasteiger partial charge in [-0.25, -0.2) is 0 Å². The average molecular weight is 415 g/mol. The Morgan fingerprint density at radius 1 is 1.13 bits per heavy atom. The van der Waals surface area contributed by atoms with Crippen LogP contribution in [0.2, 0.25) is 0 Å². The highest BCUT2D eigenvalue weighted by Crippen LogP contribution is 2.26. The minimum Gasteiger partial charge on any atom is -0.486 e. The zero-order valence-electron chi connectivity index (χ0n) is 16.8. The van der Waals surface area contributed by atoms with E-state index in [0.29, 0.717) is 24.7 Å². The molecule has 7 heteroatoms. The number of pyridine rings is 1. The summed E-state index contributed by atoms with van der Waals surface area (Å²) in [5.74, 6) is 0.852. The Labute approximate surface area is 179 Å². The highest BCUT2D eigenvalue weighted by Gasteiger charge is 2.22. The van der Waals surface area contributed by atoms with E-state index in [0.717, 1.165) is 22.9 Å². The topological polar surface area (TPSA) is 86.5 Å². The third kappa shape index (κ3) is 4.27. The van der Waals surface area contributed by atoms with E-state index in [9.17, 15) is 4.79 Å². The number of fused-ring (bicyclic) bond motifs is 2. The van der Waals surface area contributed by atoms with Crippen molar-refractivity contribution in [2.45, 2.75) is 19.1 Å². The highest BCUT2D eigenvalue weighted by molar-refractivity contribution is 5.92. The van der Waals surface area contributed by atoms with E-state index >= 15 is 0 Å². The van der Waals surface area contributed by atoms with Crippen LogP contribution in [-0.2, 0) is 17.8 Å². The Hall–Kier alpha value is -3.71. The monoisotopic (exact) mass is 415 g/mol. The van der Waals surface area contributed by atoms with Crippen LogP contribution in [0.4, 0.5) is 0 Å². The summed E-state index contributed by atoms with van der Waals surface area (Å²) in [5.41, 5.74) is 3.50. The maximum Gasteiger partial charge on any atom is 0.273 e. The molecule has 0 aliphatic carbocycles. The van der Waals surface area contributed by atoms with E-state index in [1.807, 2.05) is 48.5 Å². The highest BCUT2D eigenvalue weighted by atomic mass is 16.5. The third-order valence-electron chi connectivity index (χ3n) is 5.29. The molecule has 2 aromatic heterocycles. The first-order valence-corrected chi connectivity index (χ1v) is 10.2. The molecule has 0 fully saturated rings. The van der Waals surface area contributed by atoms with Crippen molar-refractivity contribution in [3.63, 3.8) is 0 Å². The van der Waals surface area contributed by atoms with Crippen LogP contribution < -0.4 is 10.1 Å². The molecule has 156 valence electrons. The van der Waals surface area contributed by atoms with E-state index in [-0.39, 0.29) is 24.3 Å². The maximum atomic E-state index is 12.5. The van der Waals surface area contributed by atoms with Gasteiger partial charge >= 0.3 is 0 Å². The van der Waals surface area contributed by atoms with Gasteiger partial charge in [-0.3, -0.25) is 9.78 Å². The summed E-state index contributed by atoms with van der Waals surface area (Å²) in [6.45, 7) is 1.19. The number of benzene rings is 2. The van der Waals surface area contributed by atoms with Gasteiger partial charge in [0, 0.05) is 24.2 Å². The SMILES string of the molecule is O=C(NC[C@H]1OCCc2ccccc21)c1cc(COc2ccc3ncccc3c2)on1. The lowest BCUT2D eigenvalue weighted by molar-refractivity contribution is 0.0410. The van der Waals surface area contributed by atoms with Crippen molar-refractivity contribution in [3.05, 3.63) is 89.4 Å². The first kappa shape index (κ1) is 19.3. The van der Waals surface area contributed by atoms with E-state index < -0.39 is 0 Å². The molecule has 0 bridgehead atoms. The number of hydrogen-bond acceptors (Lipinski definition) is 6. The molecule has 1 N–H and O–H groups in total. The van der Waals surface area contributed by atoms with Gasteiger partial charge in [0.2, 0.25) is 0 Å². The van der Waals surface area contributed by atoms with Crippen LogP contribution in [0, 0.1) is 0 Å². The molecule has 5 rings (SSSR count). The van der Waals surface area contributed by atoms with Crippen molar-refractivity contribution in [1.82, 2.24) is 15.5 Å². The quantitative estimate of drug-likeness (QED) is 0.515. The van der Waals surface area contributed by atoms with E-state index in [1.165, 1.54) is 5.56 Å². The van der Waals surface area contributed by atoms with Crippen LogP contribution in [0.3, 0.4) is 0 Å². The van der Waals surface area contributed by atoms with E-state index in [1.54, 1.807) is 12.3 Å². The largest absolute Gasteiger partial charge is 0.486 e. The smallest absolute Gasteiger partial charge is 0.273 e. The molecule has 2 aromatic carbocycles. The fraction of sp³-hybridized carbons (Fsp3) is 0.208. The second-order valence-electron chi connectivity index (χ2n) is 7.34. The summed E-state index contributed by atoms with van der Waals surface area (Å²) in [6, 6.07) is 19.2. The summed E-state index contributed by atoms with van der Waals surface area (Å²) in [5, 5.41) is 7.74. The van der Waals surface area contributed by atoms with Gasteiger partial charge in [0.1, 0.15) is 18.5 Å². The van der Waals surface area contributed by atoms with Crippen LogP contribution in [0.5, 0.6) is 5.75 Å². The van der Waals surface area contributed by atoms with Crippen LogP contribution in [-0.4, -0.2) is 29.2 Å². The second-order valence-corrected chi connectivity index (χ2v) is 7.34. The zero-order chi connectivity index (χ0) is 21.0. The van der Waals surface area contributed by atoms with Crippen LogP contribution >= 0.6 is 0 Å². The Balaban J connectivity index is 1.18. The lowest BCUT2D eigenvalue weighted by Gasteiger charge is -2.26. The number of rotatable bonds is 6. The lowest BCUT2D eigenvalue weighted by Crippen LogP contribution is -2.32. The van der Waals surface area contributed by atoms with E-state index in [4.69, 9.17) is 14.0 Å². The van der Waals surface area contributed by atoms with E-state index in [2.05, 4.69) is 21.5 Å². The summed E-state index contributed by atoms with van der Waals surface area (Å²) < 4.78 is 16.9. The molecule has 0 saturated carbocycles. The summed E-state index contributed by atoms with van der Waals surface area (Å²) >= 11 is 0. The molecule has 0 unspecified atom stereocenters. The van der Waals surface area contributed by atoms with Crippen LogP contribution in [0.15, 0.2) is 71.4 Å². The van der Waals surface area contributed by atoms with Crippen LogP contribution in [0.1, 0.15) is 33.5 Å². The molecule has 0 spiro atoms. The predicted molar refractivity (Wildman–Crippen MR) is 114 cm³/mol. The van der Waals surface area contributed by atoms with Gasteiger partial charge in [0.15, 0.2) is 11.5 Å².